The minimum atomic E-state index is -0.561. The van der Waals surface area contributed by atoms with Gasteiger partial charge in [0.2, 0.25) is 0 Å². The lowest BCUT2D eigenvalue weighted by atomic mass is 10.1. The van der Waals surface area contributed by atoms with E-state index in [1.54, 1.807) is 45.0 Å². The van der Waals surface area contributed by atoms with Gasteiger partial charge < -0.3 is 30.2 Å². The van der Waals surface area contributed by atoms with E-state index < -0.39 is 23.5 Å². The smallest absolute Gasteiger partial charge is 0.407 e. The Kier molecular flexibility index (Phi) is 9.26. The van der Waals surface area contributed by atoms with Crippen LogP contribution in [0.5, 0.6) is 11.5 Å². The van der Waals surface area contributed by atoms with Crippen molar-refractivity contribution in [2.75, 3.05) is 31.4 Å². The van der Waals surface area contributed by atoms with Crippen LogP contribution in [0.1, 0.15) is 47.1 Å². The Hall–Kier alpha value is -5.12. The third-order valence-electron chi connectivity index (χ3n) is 6.16. The number of carbonyl (C=O) groups is 3. The van der Waals surface area contributed by atoms with Gasteiger partial charge >= 0.3 is 6.09 Å². The summed E-state index contributed by atoms with van der Waals surface area (Å²) in [5, 5.41) is 9.23. The molecule has 0 saturated carbocycles. The first kappa shape index (κ1) is 29.9. The first-order valence-corrected chi connectivity index (χ1v) is 13.4. The fourth-order valence-corrected chi connectivity index (χ4v) is 4.14. The van der Waals surface area contributed by atoms with E-state index >= 15 is 0 Å². The second-order valence-corrected chi connectivity index (χ2v) is 10.5. The number of anilines is 2. The molecule has 3 N–H and O–H groups in total. The van der Waals surface area contributed by atoms with Gasteiger partial charge in [0.05, 0.1) is 36.6 Å². The summed E-state index contributed by atoms with van der Waals surface area (Å²) >= 11 is 0. The summed E-state index contributed by atoms with van der Waals surface area (Å²) in [4.78, 5) is 42.8. The summed E-state index contributed by atoms with van der Waals surface area (Å²) in [6.07, 6.45) is 1.60. The zero-order valence-electron chi connectivity index (χ0n) is 24.2. The maximum absolute atomic E-state index is 13.4. The molecule has 10 nitrogen and oxygen atoms in total. The van der Waals surface area contributed by atoms with Crippen molar-refractivity contribution in [1.82, 2.24) is 10.3 Å². The van der Waals surface area contributed by atoms with Crippen LogP contribution in [0.15, 0.2) is 72.9 Å². The number of para-hydroxylation sites is 1. The molecule has 4 aromatic rings. The van der Waals surface area contributed by atoms with Crippen LogP contribution in [0.3, 0.4) is 0 Å². The number of rotatable bonds is 9. The van der Waals surface area contributed by atoms with Crippen molar-refractivity contribution < 1.29 is 28.6 Å². The Morgan fingerprint density at radius 1 is 0.833 bits per heavy atom. The normalized spacial score (nSPS) is 11.0. The summed E-state index contributed by atoms with van der Waals surface area (Å²) in [6, 6.07) is 19.5. The first-order valence-electron chi connectivity index (χ1n) is 13.4. The first-order chi connectivity index (χ1) is 20.1. The fourth-order valence-electron chi connectivity index (χ4n) is 4.14. The molecule has 0 radical (unpaired) electrons. The quantitative estimate of drug-likeness (QED) is 0.231. The van der Waals surface area contributed by atoms with Crippen LogP contribution < -0.4 is 25.4 Å². The number of fused-ring (bicyclic) bond motifs is 1. The predicted octanol–water partition coefficient (Wildman–Crippen LogP) is 5.82. The number of methoxy groups -OCH3 is 2. The number of aromatic nitrogens is 1. The van der Waals surface area contributed by atoms with Gasteiger partial charge in [-0.1, -0.05) is 30.3 Å². The lowest BCUT2D eigenvalue weighted by molar-refractivity contribution is 0.0528. The molecule has 0 atom stereocenters. The lowest BCUT2D eigenvalue weighted by Gasteiger charge is -2.19. The van der Waals surface area contributed by atoms with Crippen molar-refractivity contribution in [1.29, 1.82) is 0 Å². The average molecular weight is 571 g/mol. The molecule has 0 spiro atoms. The number of hydrogen-bond acceptors (Lipinski definition) is 7. The Morgan fingerprint density at radius 2 is 1.52 bits per heavy atom. The van der Waals surface area contributed by atoms with Gasteiger partial charge in [-0.05, 0) is 63.1 Å². The number of ether oxygens (including phenoxy) is 3. The standard InChI is InChI=1S/C32H34N4O6/c1-32(2,3)42-31(39)33-15-14-20-10-12-23(13-11-20)35-30(38)24-17-27(40-4)28(41-5)18-26(24)36-29(37)22-16-21-8-6-7-9-25(21)34-19-22/h6-13,16-19H,14-15H2,1-5H3,(H,33,39)(H,35,38)(H,36,37). The molecular weight excluding hydrogens is 536 g/mol. The van der Waals surface area contributed by atoms with Gasteiger partial charge in [0.1, 0.15) is 5.60 Å². The number of nitrogens with zero attached hydrogens (tertiary/aromatic N) is 1. The molecule has 3 amide bonds. The molecular formula is C32H34N4O6. The lowest BCUT2D eigenvalue weighted by Crippen LogP contribution is -2.33. The van der Waals surface area contributed by atoms with Gasteiger partial charge in [-0.3, -0.25) is 14.6 Å². The van der Waals surface area contributed by atoms with Gasteiger partial charge in [0.15, 0.2) is 11.5 Å². The highest BCUT2D eigenvalue weighted by Crippen LogP contribution is 2.34. The Bertz CT molecular complexity index is 1600. The van der Waals surface area contributed by atoms with E-state index in [1.165, 1.54) is 26.5 Å². The molecule has 1 aromatic heterocycles. The predicted molar refractivity (Wildman–Crippen MR) is 162 cm³/mol. The van der Waals surface area contributed by atoms with Crippen molar-refractivity contribution in [3.05, 3.63) is 89.6 Å². The third kappa shape index (κ3) is 7.75. The fraction of sp³-hybridized carbons (Fsp3) is 0.250. The molecule has 0 saturated heterocycles. The second kappa shape index (κ2) is 13.0. The Labute approximate surface area is 244 Å². The molecule has 0 unspecified atom stereocenters. The SMILES string of the molecule is COc1cc(NC(=O)c2cnc3ccccc3c2)c(C(=O)Nc2ccc(CCNC(=O)OC(C)(C)C)cc2)cc1OC. The van der Waals surface area contributed by atoms with Crippen molar-refractivity contribution in [3.63, 3.8) is 0 Å². The summed E-state index contributed by atoms with van der Waals surface area (Å²) in [5.74, 6) is -0.202. The van der Waals surface area contributed by atoms with Crippen LogP contribution in [-0.2, 0) is 11.2 Å². The largest absolute Gasteiger partial charge is 0.493 e. The van der Waals surface area contributed by atoms with E-state index in [4.69, 9.17) is 14.2 Å². The number of nitrogens with one attached hydrogen (secondary N) is 3. The molecule has 1 heterocycles. The highest BCUT2D eigenvalue weighted by molar-refractivity contribution is 6.13. The zero-order valence-corrected chi connectivity index (χ0v) is 24.2. The molecule has 0 bridgehead atoms. The summed E-state index contributed by atoms with van der Waals surface area (Å²) in [5.41, 5.74) is 2.49. The number of alkyl carbamates (subject to hydrolysis) is 1. The number of carbonyl (C=O) groups excluding carboxylic acids is 3. The van der Waals surface area contributed by atoms with E-state index in [0.29, 0.717) is 35.7 Å². The van der Waals surface area contributed by atoms with Gasteiger partial charge in [0, 0.05) is 29.9 Å². The van der Waals surface area contributed by atoms with Crippen LogP contribution in [0.25, 0.3) is 10.9 Å². The van der Waals surface area contributed by atoms with Gasteiger partial charge in [0.25, 0.3) is 11.8 Å². The molecule has 42 heavy (non-hydrogen) atoms. The van der Waals surface area contributed by atoms with Crippen molar-refractivity contribution in [3.8, 4) is 11.5 Å². The topological polar surface area (TPSA) is 128 Å². The molecule has 0 aliphatic heterocycles. The molecule has 0 aliphatic rings. The summed E-state index contributed by atoms with van der Waals surface area (Å²) in [6.45, 7) is 5.82. The van der Waals surface area contributed by atoms with Gasteiger partial charge in [-0.2, -0.15) is 0 Å². The average Bonchev–Trinajstić information content (AvgIpc) is 2.96. The Morgan fingerprint density at radius 3 is 2.21 bits per heavy atom. The van der Waals surface area contributed by atoms with Crippen molar-refractivity contribution in [2.24, 2.45) is 0 Å². The summed E-state index contributed by atoms with van der Waals surface area (Å²) in [7, 11) is 2.94. The van der Waals surface area contributed by atoms with Crippen LogP contribution in [-0.4, -0.2) is 49.3 Å². The van der Waals surface area contributed by atoms with E-state index in [2.05, 4.69) is 20.9 Å². The molecule has 0 fully saturated rings. The van der Waals surface area contributed by atoms with E-state index in [0.717, 1.165) is 16.5 Å². The second-order valence-electron chi connectivity index (χ2n) is 10.5. The molecule has 3 aromatic carbocycles. The molecule has 218 valence electrons. The number of pyridine rings is 1. The minimum Gasteiger partial charge on any atom is -0.493 e. The maximum atomic E-state index is 13.4. The highest BCUT2D eigenvalue weighted by Gasteiger charge is 2.20. The van der Waals surface area contributed by atoms with E-state index in [1.807, 2.05) is 36.4 Å². The molecule has 10 heteroatoms. The Balaban J connectivity index is 1.48. The number of hydrogen-bond donors (Lipinski definition) is 3. The highest BCUT2D eigenvalue weighted by atomic mass is 16.6. The number of amides is 3. The van der Waals surface area contributed by atoms with Crippen LogP contribution in [0.4, 0.5) is 16.2 Å². The minimum absolute atomic E-state index is 0.181. The molecule has 0 aliphatic carbocycles. The van der Waals surface area contributed by atoms with E-state index in [9.17, 15) is 14.4 Å². The monoisotopic (exact) mass is 570 g/mol. The maximum Gasteiger partial charge on any atom is 0.407 e. The van der Waals surface area contributed by atoms with Crippen LogP contribution >= 0.6 is 0 Å². The van der Waals surface area contributed by atoms with E-state index in [-0.39, 0.29) is 11.3 Å². The third-order valence-corrected chi connectivity index (χ3v) is 6.16. The molecule has 4 rings (SSSR count). The van der Waals surface area contributed by atoms with Crippen molar-refractivity contribution in [2.45, 2.75) is 32.8 Å². The van der Waals surface area contributed by atoms with Crippen molar-refractivity contribution >= 4 is 40.2 Å². The van der Waals surface area contributed by atoms with Gasteiger partial charge in [-0.15, -0.1) is 0 Å². The van der Waals surface area contributed by atoms with Crippen LogP contribution in [0.2, 0.25) is 0 Å². The van der Waals surface area contributed by atoms with Crippen LogP contribution in [0, 0.1) is 0 Å². The summed E-state index contributed by atoms with van der Waals surface area (Å²) < 4.78 is 16.0. The number of benzene rings is 3. The zero-order chi connectivity index (χ0) is 30.3. The van der Waals surface area contributed by atoms with Gasteiger partial charge in [-0.25, -0.2) is 4.79 Å².